The molecular weight excluding hydrogens is 308 g/mol. The SMILES string of the molecule is COc1ccc(CC(=O)Nc2ccc3oc(C)nc3c2)cc1OC. The van der Waals surface area contributed by atoms with Gasteiger partial charge >= 0.3 is 0 Å². The van der Waals surface area contributed by atoms with Crippen molar-refractivity contribution in [2.45, 2.75) is 13.3 Å². The molecule has 0 spiro atoms. The number of carbonyl (C=O) groups is 1. The van der Waals surface area contributed by atoms with Gasteiger partial charge in [-0.1, -0.05) is 6.07 Å². The quantitative estimate of drug-likeness (QED) is 0.778. The lowest BCUT2D eigenvalue weighted by molar-refractivity contribution is -0.115. The van der Waals surface area contributed by atoms with E-state index in [0.29, 0.717) is 28.7 Å². The van der Waals surface area contributed by atoms with Crippen LogP contribution < -0.4 is 14.8 Å². The minimum absolute atomic E-state index is 0.123. The van der Waals surface area contributed by atoms with E-state index in [4.69, 9.17) is 13.9 Å². The third-order valence-electron chi connectivity index (χ3n) is 3.59. The van der Waals surface area contributed by atoms with Crippen LogP contribution in [0.3, 0.4) is 0 Å². The number of aromatic nitrogens is 1. The second-order valence-corrected chi connectivity index (χ2v) is 5.33. The Balaban J connectivity index is 1.72. The summed E-state index contributed by atoms with van der Waals surface area (Å²) in [5.41, 5.74) is 2.94. The van der Waals surface area contributed by atoms with Crippen LogP contribution in [0.15, 0.2) is 40.8 Å². The van der Waals surface area contributed by atoms with Crippen molar-refractivity contribution in [3.8, 4) is 11.5 Å². The van der Waals surface area contributed by atoms with Gasteiger partial charge < -0.3 is 19.2 Å². The van der Waals surface area contributed by atoms with E-state index >= 15 is 0 Å². The number of anilines is 1. The fourth-order valence-corrected chi connectivity index (χ4v) is 2.50. The van der Waals surface area contributed by atoms with Gasteiger partial charge in [0.1, 0.15) is 5.52 Å². The second kappa shape index (κ2) is 6.62. The molecule has 0 aliphatic rings. The Morgan fingerprint density at radius 2 is 1.92 bits per heavy atom. The first kappa shape index (κ1) is 15.9. The molecule has 1 amide bonds. The van der Waals surface area contributed by atoms with E-state index < -0.39 is 0 Å². The second-order valence-electron chi connectivity index (χ2n) is 5.33. The molecule has 0 atom stereocenters. The molecule has 24 heavy (non-hydrogen) atoms. The van der Waals surface area contributed by atoms with Crippen molar-refractivity contribution < 1.29 is 18.7 Å². The van der Waals surface area contributed by atoms with E-state index in [0.717, 1.165) is 11.1 Å². The highest BCUT2D eigenvalue weighted by Crippen LogP contribution is 2.28. The van der Waals surface area contributed by atoms with Crippen LogP contribution in [0.1, 0.15) is 11.5 Å². The summed E-state index contributed by atoms with van der Waals surface area (Å²) in [7, 11) is 3.14. The molecular formula is C18H18N2O4. The number of benzene rings is 2. The zero-order valence-corrected chi connectivity index (χ0v) is 13.8. The number of oxazole rings is 1. The summed E-state index contributed by atoms with van der Waals surface area (Å²) >= 11 is 0. The number of carbonyl (C=O) groups excluding carboxylic acids is 1. The lowest BCUT2D eigenvalue weighted by Gasteiger charge is -2.10. The van der Waals surface area contributed by atoms with Gasteiger partial charge in [-0.25, -0.2) is 4.98 Å². The molecule has 2 aromatic carbocycles. The van der Waals surface area contributed by atoms with Crippen molar-refractivity contribution in [2.75, 3.05) is 19.5 Å². The van der Waals surface area contributed by atoms with Crippen molar-refractivity contribution >= 4 is 22.7 Å². The minimum atomic E-state index is -0.123. The number of nitrogens with one attached hydrogen (secondary N) is 1. The third-order valence-corrected chi connectivity index (χ3v) is 3.59. The summed E-state index contributed by atoms with van der Waals surface area (Å²) in [5, 5.41) is 2.87. The maximum Gasteiger partial charge on any atom is 0.228 e. The normalized spacial score (nSPS) is 10.6. The topological polar surface area (TPSA) is 73.6 Å². The molecule has 0 aliphatic carbocycles. The summed E-state index contributed by atoms with van der Waals surface area (Å²) in [6.45, 7) is 1.79. The molecule has 0 aliphatic heterocycles. The number of amides is 1. The fraction of sp³-hybridized carbons (Fsp3) is 0.222. The molecule has 1 N–H and O–H groups in total. The average Bonchev–Trinajstić information content (AvgIpc) is 2.93. The molecule has 0 bridgehead atoms. The number of fused-ring (bicyclic) bond motifs is 1. The van der Waals surface area contributed by atoms with Crippen LogP contribution in [0, 0.1) is 6.92 Å². The Bertz CT molecular complexity index is 886. The van der Waals surface area contributed by atoms with Crippen LogP contribution in [0.25, 0.3) is 11.1 Å². The van der Waals surface area contributed by atoms with Gasteiger partial charge in [0.2, 0.25) is 5.91 Å². The van der Waals surface area contributed by atoms with Crippen molar-refractivity contribution in [2.24, 2.45) is 0 Å². The van der Waals surface area contributed by atoms with Gasteiger partial charge in [0, 0.05) is 12.6 Å². The van der Waals surface area contributed by atoms with Crippen LogP contribution in [0.2, 0.25) is 0 Å². The Morgan fingerprint density at radius 3 is 2.67 bits per heavy atom. The molecule has 0 saturated carbocycles. The molecule has 3 rings (SSSR count). The lowest BCUT2D eigenvalue weighted by Crippen LogP contribution is -2.14. The summed E-state index contributed by atoms with van der Waals surface area (Å²) in [6.07, 6.45) is 0.232. The van der Waals surface area contributed by atoms with E-state index in [1.807, 2.05) is 6.07 Å². The van der Waals surface area contributed by atoms with E-state index in [1.54, 1.807) is 51.5 Å². The Hall–Kier alpha value is -3.02. The first-order valence-electron chi connectivity index (χ1n) is 7.47. The van der Waals surface area contributed by atoms with E-state index in [1.165, 1.54) is 0 Å². The minimum Gasteiger partial charge on any atom is -0.493 e. The molecule has 124 valence electrons. The highest BCUT2D eigenvalue weighted by Gasteiger charge is 2.10. The molecule has 6 heteroatoms. The van der Waals surface area contributed by atoms with Crippen LogP contribution >= 0.6 is 0 Å². The maximum atomic E-state index is 12.3. The summed E-state index contributed by atoms with van der Waals surface area (Å²) < 4.78 is 15.9. The van der Waals surface area contributed by atoms with E-state index in [9.17, 15) is 4.79 Å². The van der Waals surface area contributed by atoms with Gasteiger partial charge in [0.15, 0.2) is 23.0 Å². The predicted octanol–water partition coefficient (Wildman–Crippen LogP) is 3.33. The monoisotopic (exact) mass is 326 g/mol. The number of methoxy groups -OCH3 is 2. The van der Waals surface area contributed by atoms with Crippen molar-refractivity contribution in [1.29, 1.82) is 0 Å². The standard InChI is InChI=1S/C18H18N2O4/c1-11-19-14-10-13(5-7-15(14)24-11)20-18(21)9-12-4-6-16(22-2)17(8-12)23-3/h4-8,10H,9H2,1-3H3,(H,20,21). The van der Waals surface area contributed by atoms with Gasteiger partial charge in [0.25, 0.3) is 0 Å². The van der Waals surface area contributed by atoms with Crippen molar-refractivity contribution in [1.82, 2.24) is 4.98 Å². The molecule has 6 nitrogen and oxygen atoms in total. The van der Waals surface area contributed by atoms with Gasteiger partial charge in [0.05, 0.1) is 20.6 Å². The Kier molecular flexibility index (Phi) is 4.37. The first-order valence-corrected chi connectivity index (χ1v) is 7.47. The molecule has 0 radical (unpaired) electrons. The summed E-state index contributed by atoms with van der Waals surface area (Å²) in [6, 6.07) is 10.8. The number of aryl methyl sites for hydroxylation is 1. The van der Waals surface area contributed by atoms with Gasteiger partial charge in [-0.05, 0) is 35.9 Å². The average molecular weight is 326 g/mol. The van der Waals surface area contributed by atoms with Crippen molar-refractivity contribution in [3.05, 3.63) is 47.9 Å². The molecule has 0 unspecified atom stereocenters. The summed E-state index contributed by atoms with van der Waals surface area (Å²) in [4.78, 5) is 16.5. The molecule has 3 aromatic rings. The van der Waals surface area contributed by atoms with Gasteiger partial charge in [-0.15, -0.1) is 0 Å². The van der Waals surface area contributed by atoms with E-state index in [-0.39, 0.29) is 12.3 Å². The van der Waals surface area contributed by atoms with Gasteiger partial charge in [-0.3, -0.25) is 4.79 Å². The Labute approximate surface area is 139 Å². The number of ether oxygens (including phenoxy) is 2. The lowest BCUT2D eigenvalue weighted by atomic mass is 10.1. The predicted molar refractivity (Wildman–Crippen MR) is 90.6 cm³/mol. The molecule has 1 heterocycles. The van der Waals surface area contributed by atoms with Crippen LogP contribution in [0.4, 0.5) is 5.69 Å². The third kappa shape index (κ3) is 3.32. The van der Waals surface area contributed by atoms with Crippen LogP contribution in [-0.2, 0) is 11.2 Å². The smallest absolute Gasteiger partial charge is 0.228 e. The fourth-order valence-electron chi connectivity index (χ4n) is 2.50. The van der Waals surface area contributed by atoms with Crippen molar-refractivity contribution in [3.63, 3.8) is 0 Å². The maximum absolute atomic E-state index is 12.3. The van der Waals surface area contributed by atoms with Crippen LogP contribution in [0.5, 0.6) is 11.5 Å². The highest BCUT2D eigenvalue weighted by atomic mass is 16.5. The molecule has 0 fully saturated rings. The van der Waals surface area contributed by atoms with Crippen LogP contribution in [-0.4, -0.2) is 25.1 Å². The Morgan fingerprint density at radius 1 is 1.12 bits per heavy atom. The zero-order chi connectivity index (χ0) is 17.1. The largest absolute Gasteiger partial charge is 0.493 e. The molecule has 1 aromatic heterocycles. The molecule has 0 saturated heterocycles. The zero-order valence-electron chi connectivity index (χ0n) is 13.8. The summed E-state index contributed by atoms with van der Waals surface area (Å²) in [5.74, 6) is 1.70. The number of rotatable bonds is 5. The highest BCUT2D eigenvalue weighted by molar-refractivity contribution is 5.94. The van der Waals surface area contributed by atoms with Gasteiger partial charge in [-0.2, -0.15) is 0 Å². The number of hydrogen-bond donors (Lipinski definition) is 1. The first-order chi connectivity index (χ1) is 11.6. The number of hydrogen-bond acceptors (Lipinski definition) is 5. The number of nitrogens with zero attached hydrogens (tertiary/aromatic N) is 1. The van der Waals surface area contributed by atoms with E-state index in [2.05, 4.69) is 10.3 Å².